The van der Waals surface area contributed by atoms with Gasteiger partial charge in [0, 0.05) is 57.4 Å². The summed E-state index contributed by atoms with van der Waals surface area (Å²) in [6.45, 7) is 9.64. The topological polar surface area (TPSA) is 55.9 Å². The number of urea groups is 1. The molecule has 2 saturated heterocycles. The van der Waals surface area contributed by atoms with Crippen molar-refractivity contribution in [2.75, 3.05) is 44.2 Å². The maximum atomic E-state index is 12.5. The highest BCUT2D eigenvalue weighted by Gasteiger charge is 2.28. The predicted octanol–water partition coefficient (Wildman–Crippen LogP) is 3.08. The predicted molar refractivity (Wildman–Crippen MR) is 112 cm³/mol. The Morgan fingerprint density at radius 1 is 1.00 bits per heavy atom. The van der Waals surface area contributed by atoms with Crippen LogP contribution in [-0.2, 0) is 11.3 Å². The highest BCUT2D eigenvalue weighted by Crippen LogP contribution is 2.21. The summed E-state index contributed by atoms with van der Waals surface area (Å²) >= 11 is 0. The SMILES string of the molecule is CCN(CC)C(=O)N1CCC(C(=O)NCc2ccc(N3CCCC3)cc2)CC1. The van der Waals surface area contributed by atoms with Crippen molar-refractivity contribution in [2.24, 2.45) is 5.92 Å². The van der Waals surface area contributed by atoms with E-state index >= 15 is 0 Å². The number of carbonyl (C=O) groups is 2. The van der Waals surface area contributed by atoms with Crippen molar-refractivity contribution < 1.29 is 9.59 Å². The first kappa shape index (κ1) is 20.5. The van der Waals surface area contributed by atoms with Gasteiger partial charge in [0.1, 0.15) is 0 Å². The first-order valence-electron chi connectivity index (χ1n) is 10.8. The van der Waals surface area contributed by atoms with E-state index in [0.29, 0.717) is 19.6 Å². The number of anilines is 1. The van der Waals surface area contributed by atoms with Gasteiger partial charge in [-0.1, -0.05) is 12.1 Å². The summed E-state index contributed by atoms with van der Waals surface area (Å²) < 4.78 is 0. The summed E-state index contributed by atoms with van der Waals surface area (Å²) in [6, 6.07) is 8.63. The lowest BCUT2D eigenvalue weighted by Crippen LogP contribution is -2.48. The zero-order valence-electron chi connectivity index (χ0n) is 17.3. The number of benzene rings is 1. The zero-order valence-corrected chi connectivity index (χ0v) is 17.3. The van der Waals surface area contributed by atoms with Gasteiger partial charge in [-0.3, -0.25) is 4.79 Å². The van der Waals surface area contributed by atoms with Gasteiger partial charge in [0.15, 0.2) is 0 Å². The van der Waals surface area contributed by atoms with Gasteiger partial charge in [-0.15, -0.1) is 0 Å². The van der Waals surface area contributed by atoms with Crippen molar-refractivity contribution in [3.63, 3.8) is 0 Å². The highest BCUT2D eigenvalue weighted by molar-refractivity contribution is 5.79. The third-order valence-electron chi connectivity index (χ3n) is 6.04. The Hall–Kier alpha value is -2.24. The second-order valence-electron chi connectivity index (χ2n) is 7.79. The Balaban J connectivity index is 1.42. The molecule has 154 valence electrons. The van der Waals surface area contributed by atoms with Gasteiger partial charge in [-0.05, 0) is 57.2 Å². The lowest BCUT2D eigenvalue weighted by molar-refractivity contribution is -0.126. The highest BCUT2D eigenvalue weighted by atomic mass is 16.2. The lowest BCUT2D eigenvalue weighted by atomic mass is 9.96. The summed E-state index contributed by atoms with van der Waals surface area (Å²) in [5, 5.41) is 3.08. The average molecular weight is 387 g/mol. The summed E-state index contributed by atoms with van der Waals surface area (Å²) in [7, 11) is 0. The van der Waals surface area contributed by atoms with E-state index in [1.165, 1.54) is 18.5 Å². The normalized spacial score (nSPS) is 17.6. The molecular formula is C22H34N4O2. The molecule has 2 heterocycles. The van der Waals surface area contributed by atoms with E-state index in [2.05, 4.69) is 34.5 Å². The molecule has 1 N–H and O–H groups in total. The third kappa shape index (κ3) is 4.97. The fourth-order valence-corrected chi connectivity index (χ4v) is 4.16. The van der Waals surface area contributed by atoms with Gasteiger partial charge in [-0.25, -0.2) is 4.79 Å². The molecule has 3 rings (SSSR count). The van der Waals surface area contributed by atoms with Crippen LogP contribution in [0.3, 0.4) is 0 Å². The molecule has 1 aromatic carbocycles. The molecule has 0 bridgehead atoms. The number of rotatable bonds is 6. The molecule has 6 heteroatoms. The van der Waals surface area contributed by atoms with Crippen molar-refractivity contribution in [1.82, 2.24) is 15.1 Å². The lowest BCUT2D eigenvalue weighted by Gasteiger charge is -2.34. The standard InChI is InChI=1S/C22H34N4O2/c1-3-24(4-2)22(28)26-15-11-19(12-16-26)21(27)23-17-18-7-9-20(10-8-18)25-13-5-6-14-25/h7-10,19H,3-6,11-17H2,1-2H3,(H,23,27). The molecular weight excluding hydrogens is 352 g/mol. The molecule has 2 aliphatic heterocycles. The van der Waals surface area contributed by atoms with Gasteiger partial charge in [0.2, 0.25) is 5.91 Å². The monoisotopic (exact) mass is 386 g/mol. The quantitative estimate of drug-likeness (QED) is 0.817. The van der Waals surface area contributed by atoms with E-state index < -0.39 is 0 Å². The van der Waals surface area contributed by atoms with Crippen molar-refractivity contribution in [3.05, 3.63) is 29.8 Å². The molecule has 0 atom stereocenters. The molecule has 0 unspecified atom stereocenters. The number of likely N-dealkylation sites (tertiary alicyclic amines) is 1. The number of hydrogen-bond acceptors (Lipinski definition) is 3. The van der Waals surface area contributed by atoms with Crippen LogP contribution < -0.4 is 10.2 Å². The van der Waals surface area contributed by atoms with E-state index in [-0.39, 0.29) is 17.9 Å². The molecule has 0 aliphatic carbocycles. The van der Waals surface area contributed by atoms with Crippen LogP contribution in [0.5, 0.6) is 0 Å². The van der Waals surface area contributed by atoms with E-state index in [4.69, 9.17) is 0 Å². The van der Waals surface area contributed by atoms with Crippen LogP contribution in [0.4, 0.5) is 10.5 Å². The molecule has 3 amide bonds. The number of amides is 3. The smallest absolute Gasteiger partial charge is 0.319 e. The second-order valence-corrected chi connectivity index (χ2v) is 7.79. The first-order chi connectivity index (χ1) is 13.6. The zero-order chi connectivity index (χ0) is 19.9. The molecule has 28 heavy (non-hydrogen) atoms. The largest absolute Gasteiger partial charge is 0.372 e. The minimum atomic E-state index is 0.00428. The van der Waals surface area contributed by atoms with Crippen molar-refractivity contribution in [1.29, 1.82) is 0 Å². The van der Waals surface area contributed by atoms with Crippen molar-refractivity contribution in [3.8, 4) is 0 Å². The van der Waals surface area contributed by atoms with Crippen LogP contribution in [0.15, 0.2) is 24.3 Å². The molecule has 2 fully saturated rings. The van der Waals surface area contributed by atoms with E-state index in [9.17, 15) is 9.59 Å². The van der Waals surface area contributed by atoms with E-state index in [0.717, 1.165) is 44.6 Å². The molecule has 0 radical (unpaired) electrons. The van der Waals surface area contributed by atoms with Gasteiger partial charge >= 0.3 is 6.03 Å². The number of carbonyl (C=O) groups excluding carboxylic acids is 2. The van der Waals surface area contributed by atoms with Crippen LogP contribution in [0, 0.1) is 5.92 Å². The second kappa shape index (κ2) is 9.80. The molecule has 0 spiro atoms. The fraction of sp³-hybridized carbons (Fsp3) is 0.636. The van der Waals surface area contributed by atoms with Crippen LogP contribution in [0.1, 0.15) is 45.1 Å². The summed E-state index contributed by atoms with van der Waals surface area (Å²) in [6.07, 6.45) is 4.04. The molecule has 1 aromatic rings. The maximum absolute atomic E-state index is 12.5. The van der Waals surface area contributed by atoms with Crippen LogP contribution in [-0.4, -0.2) is 61.0 Å². The maximum Gasteiger partial charge on any atom is 0.319 e. The van der Waals surface area contributed by atoms with Crippen molar-refractivity contribution >= 4 is 17.6 Å². The number of nitrogens with one attached hydrogen (secondary N) is 1. The van der Waals surface area contributed by atoms with Crippen LogP contribution in [0.25, 0.3) is 0 Å². The molecule has 6 nitrogen and oxygen atoms in total. The van der Waals surface area contributed by atoms with Gasteiger partial charge in [-0.2, -0.15) is 0 Å². The molecule has 0 saturated carbocycles. The van der Waals surface area contributed by atoms with Crippen molar-refractivity contribution in [2.45, 2.75) is 46.1 Å². The Bertz CT molecular complexity index is 643. The average Bonchev–Trinajstić information content (AvgIpc) is 3.28. The third-order valence-corrected chi connectivity index (χ3v) is 6.04. The summed E-state index contributed by atoms with van der Waals surface area (Å²) in [4.78, 5) is 31.1. The minimum absolute atomic E-state index is 0.00428. The number of hydrogen-bond donors (Lipinski definition) is 1. The van der Waals surface area contributed by atoms with Gasteiger partial charge < -0.3 is 20.0 Å². The Morgan fingerprint density at radius 3 is 2.18 bits per heavy atom. The Kier molecular flexibility index (Phi) is 7.18. The summed E-state index contributed by atoms with van der Waals surface area (Å²) in [5.41, 5.74) is 2.41. The fourth-order valence-electron chi connectivity index (χ4n) is 4.16. The Morgan fingerprint density at radius 2 is 1.61 bits per heavy atom. The first-order valence-corrected chi connectivity index (χ1v) is 10.8. The molecule has 2 aliphatic rings. The molecule has 0 aromatic heterocycles. The number of piperidine rings is 1. The van der Waals surface area contributed by atoms with Crippen LogP contribution >= 0.6 is 0 Å². The van der Waals surface area contributed by atoms with E-state index in [1.54, 1.807) is 0 Å². The Labute approximate surface area is 168 Å². The minimum Gasteiger partial charge on any atom is -0.372 e. The van der Waals surface area contributed by atoms with Gasteiger partial charge in [0.05, 0.1) is 0 Å². The number of nitrogens with zero attached hydrogens (tertiary/aromatic N) is 3. The van der Waals surface area contributed by atoms with Gasteiger partial charge in [0.25, 0.3) is 0 Å². The van der Waals surface area contributed by atoms with Crippen LogP contribution in [0.2, 0.25) is 0 Å². The summed E-state index contributed by atoms with van der Waals surface area (Å²) in [5.74, 6) is 0.114. The van der Waals surface area contributed by atoms with E-state index in [1.807, 2.05) is 23.6 Å².